The molecule has 1 heterocycles. The van der Waals surface area contributed by atoms with Crippen LogP contribution < -0.4 is 11.5 Å². The van der Waals surface area contributed by atoms with Crippen LogP contribution in [0.2, 0.25) is 0 Å². The van der Waals surface area contributed by atoms with Crippen molar-refractivity contribution < 1.29 is 4.42 Å². The first kappa shape index (κ1) is 16.9. The first-order valence-corrected chi connectivity index (χ1v) is 4.96. The normalized spacial score (nSPS) is 10.4. The van der Waals surface area contributed by atoms with Gasteiger partial charge < -0.3 is 15.9 Å². The number of halogens is 2. The molecule has 0 aliphatic rings. The average molecular weight is 377 g/mol. The monoisotopic (exact) mass is 375 g/mol. The van der Waals surface area contributed by atoms with Crippen molar-refractivity contribution in [1.82, 2.24) is 0 Å². The lowest BCUT2D eigenvalue weighted by molar-refractivity contribution is 0.557. The van der Waals surface area contributed by atoms with E-state index in [1.807, 2.05) is 24.3 Å². The van der Waals surface area contributed by atoms with Crippen LogP contribution in [0.1, 0.15) is 11.3 Å². The molecule has 0 unspecified atom stereocenters. The molecule has 0 fully saturated rings. The highest BCUT2D eigenvalue weighted by Crippen LogP contribution is 2.15. The van der Waals surface area contributed by atoms with Crippen LogP contribution in [0.4, 0.5) is 5.69 Å². The van der Waals surface area contributed by atoms with Crippen molar-refractivity contribution >= 4 is 45.5 Å². The van der Waals surface area contributed by atoms with Crippen molar-refractivity contribution in [1.29, 1.82) is 0 Å². The van der Waals surface area contributed by atoms with E-state index in [1.54, 1.807) is 18.4 Å². The minimum Gasteiger partial charge on any atom is -0.461 e. The molecule has 98 valence electrons. The third-order valence-electron chi connectivity index (χ3n) is 2.17. The second kappa shape index (κ2) is 8.07. The van der Waals surface area contributed by atoms with Gasteiger partial charge in [0.25, 0.3) is 0 Å². The summed E-state index contributed by atoms with van der Waals surface area (Å²) in [6.07, 6.45) is 1.56. The van der Waals surface area contributed by atoms with Crippen molar-refractivity contribution in [3.8, 4) is 0 Å². The molecule has 4 nitrogen and oxygen atoms in total. The van der Waals surface area contributed by atoms with Crippen LogP contribution >= 0.6 is 34.0 Å². The fraction of sp³-hybridized carbons (Fsp3) is 0.0833. The average Bonchev–Trinajstić information content (AvgIpc) is 2.83. The Kier molecular flexibility index (Phi) is 7.58. The van der Waals surface area contributed by atoms with E-state index < -0.39 is 0 Å². The summed E-state index contributed by atoms with van der Waals surface area (Å²) in [4.78, 5) is 4.26. The van der Waals surface area contributed by atoms with E-state index in [0.717, 1.165) is 11.3 Å². The SMILES string of the molecule is Br.Br.NCc1cccc(N=C(N)c2ccco2)c1. The maximum atomic E-state index is 5.79. The van der Waals surface area contributed by atoms with Crippen LogP contribution in [-0.2, 0) is 6.54 Å². The molecule has 0 amide bonds. The van der Waals surface area contributed by atoms with E-state index in [-0.39, 0.29) is 34.0 Å². The highest BCUT2D eigenvalue weighted by Gasteiger charge is 2.01. The summed E-state index contributed by atoms with van der Waals surface area (Å²) in [5, 5.41) is 0. The molecule has 0 aliphatic heterocycles. The lowest BCUT2D eigenvalue weighted by atomic mass is 10.2. The van der Waals surface area contributed by atoms with Gasteiger partial charge in [0.1, 0.15) is 0 Å². The molecule has 18 heavy (non-hydrogen) atoms. The Labute approximate surface area is 127 Å². The fourth-order valence-corrected chi connectivity index (χ4v) is 1.37. The van der Waals surface area contributed by atoms with Crippen LogP contribution in [0.5, 0.6) is 0 Å². The minimum atomic E-state index is 0. The molecular weight excluding hydrogens is 362 g/mol. The lowest BCUT2D eigenvalue weighted by Gasteiger charge is -2.00. The molecule has 0 saturated carbocycles. The summed E-state index contributed by atoms with van der Waals surface area (Å²) in [5.41, 5.74) is 13.1. The molecule has 2 aromatic rings. The Bertz CT molecular complexity index is 498. The largest absolute Gasteiger partial charge is 0.461 e. The fourth-order valence-electron chi connectivity index (χ4n) is 1.37. The summed E-state index contributed by atoms with van der Waals surface area (Å²) in [6.45, 7) is 0.490. The van der Waals surface area contributed by atoms with Crippen molar-refractivity contribution in [3.05, 3.63) is 54.0 Å². The minimum absolute atomic E-state index is 0. The molecule has 1 aromatic carbocycles. The highest BCUT2D eigenvalue weighted by atomic mass is 79.9. The summed E-state index contributed by atoms with van der Waals surface area (Å²) < 4.78 is 5.14. The topological polar surface area (TPSA) is 77.5 Å². The predicted molar refractivity (Wildman–Crippen MR) is 84.1 cm³/mol. The molecule has 0 bridgehead atoms. The van der Waals surface area contributed by atoms with Gasteiger partial charge in [-0.2, -0.15) is 0 Å². The standard InChI is InChI=1S/C12H13N3O.2BrH/c13-8-9-3-1-4-10(7-9)15-12(14)11-5-2-6-16-11;;/h1-7H,8,13H2,(H2,14,15);2*1H. The van der Waals surface area contributed by atoms with Crippen LogP contribution in [0.15, 0.2) is 52.1 Å². The zero-order valence-corrected chi connectivity index (χ0v) is 13.0. The van der Waals surface area contributed by atoms with Crippen LogP contribution in [0, 0.1) is 0 Å². The lowest BCUT2D eigenvalue weighted by Crippen LogP contribution is -2.11. The Morgan fingerprint density at radius 1 is 1.17 bits per heavy atom. The zero-order chi connectivity index (χ0) is 11.4. The second-order valence-electron chi connectivity index (χ2n) is 3.35. The molecule has 4 N–H and O–H groups in total. The molecule has 0 spiro atoms. The zero-order valence-electron chi connectivity index (χ0n) is 9.58. The van der Waals surface area contributed by atoms with Crippen molar-refractivity contribution in [2.24, 2.45) is 16.5 Å². The highest BCUT2D eigenvalue weighted by molar-refractivity contribution is 8.93. The first-order valence-electron chi connectivity index (χ1n) is 4.96. The van der Waals surface area contributed by atoms with Gasteiger partial charge in [-0.25, -0.2) is 4.99 Å². The van der Waals surface area contributed by atoms with Gasteiger partial charge in [-0.15, -0.1) is 34.0 Å². The molecule has 1 aromatic heterocycles. The quantitative estimate of drug-likeness (QED) is 0.638. The van der Waals surface area contributed by atoms with Crippen LogP contribution in [-0.4, -0.2) is 5.84 Å². The molecule has 2 rings (SSSR count). The number of furan rings is 1. The van der Waals surface area contributed by atoms with Gasteiger partial charge in [-0.3, -0.25) is 0 Å². The summed E-state index contributed by atoms with van der Waals surface area (Å²) in [7, 11) is 0. The number of nitrogens with zero attached hydrogens (tertiary/aromatic N) is 1. The van der Waals surface area contributed by atoms with Gasteiger partial charge in [0, 0.05) is 6.54 Å². The van der Waals surface area contributed by atoms with E-state index in [2.05, 4.69) is 4.99 Å². The number of benzene rings is 1. The molecule has 0 saturated heterocycles. The van der Waals surface area contributed by atoms with E-state index >= 15 is 0 Å². The van der Waals surface area contributed by atoms with Gasteiger partial charge in [0.05, 0.1) is 12.0 Å². The van der Waals surface area contributed by atoms with E-state index in [0.29, 0.717) is 18.1 Å². The van der Waals surface area contributed by atoms with Crippen LogP contribution in [0.3, 0.4) is 0 Å². The van der Waals surface area contributed by atoms with E-state index in [4.69, 9.17) is 15.9 Å². The van der Waals surface area contributed by atoms with Crippen molar-refractivity contribution in [3.63, 3.8) is 0 Å². The maximum absolute atomic E-state index is 5.79. The Morgan fingerprint density at radius 2 is 1.94 bits per heavy atom. The number of nitrogens with two attached hydrogens (primary N) is 2. The summed E-state index contributed by atoms with van der Waals surface area (Å²) in [6, 6.07) is 11.2. The first-order chi connectivity index (χ1) is 7.79. The Balaban J connectivity index is 0.00000144. The van der Waals surface area contributed by atoms with Gasteiger partial charge in [0.2, 0.25) is 0 Å². The third kappa shape index (κ3) is 4.29. The van der Waals surface area contributed by atoms with E-state index in [1.165, 1.54) is 0 Å². The number of aliphatic imine (C=N–C) groups is 1. The Hall–Kier alpha value is -1.11. The molecular formula is C12H15Br2N3O. The van der Waals surface area contributed by atoms with Gasteiger partial charge in [-0.1, -0.05) is 12.1 Å². The number of amidine groups is 1. The van der Waals surface area contributed by atoms with Gasteiger partial charge in [0.15, 0.2) is 11.6 Å². The molecule has 0 atom stereocenters. The number of rotatable bonds is 3. The van der Waals surface area contributed by atoms with Crippen molar-refractivity contribution in [2.45, 2.75) is 6.54 Å². The third-order valence-corrected chi connectivity index (χ3v) is 2.17. The summed E-state index contributed by atoms with van der Waals surface area (Å²) in [5.74, 6) is 0.928. The second-order valence-corrected chi connectivity index (χ2v) is 3.35. The van der Waals surface area contributed by atoms with E-state index in [9.17, 15) is 0 Å². The number of hydrogen-bond donors (Lipinski definition) is 2. The summed E-state index contributed by atoms with van der Waals surface area (Å²) >= 11 is 0. The smallest absolute Gasteiger partial charge is 0.168 e. The van der Waals surface area contributed by atoms with Crippen molar-refractivity contribution in [2.75, 3.05) is 0 Å². The van der Waals surface area contributed by atoms with Gasteiger partial charge in [-0.05, 0) is 29.8 Å². The number of hydrogen-bond acceptors (Lipinski definition) is 3. The predicted octanol–water partition coefficient (Wildman–Crippen LogP) is 2.93. The van der Waals surface area contributed by atoms with Gasteiger partial charge >= 0.3 is 0 Å². The Morgan fingerprint density at radius 3 is 2.56 bits per heavy atom. The molecule has 0 radical (unpaired) electrons. The molecule has 6 heteroatoms. The van der Waals surface area contributed by atoms with Crippen LogP contribution in [0.25, 0.3) is 0 Å². The maximum Gasteiger partial charge on any atom is 0.168 e. The molecule has 0 aliphatic carbocycles.